The second-order valence-electron chi connectivity index (χ2n) is 15.6. The van der Waals surface area contributed by atoms with Crippen LogP contribution in [0.4, 0.5) is 0 Å². The van der Waals surface area contributed by atoms with Crippen LogP contribution >= 0.6 is 0 Å². The van der Waals surface area contributed by atoms with E-state index in [1.807, 2.05) is 65.2 Å². The molecule has 3 heterocycles. The normalized spacial score (nSPS) is 20.4. The lowest BCUT2D eigenvalue weighted by atomic mass is 9.89. The maximum Gasteiger partial charge on any atom is 0.326 e. The van der Waals surface area contributed by atoms with Crippen molar-refractivity contribution in [2.75, 3.05) is 26.2 Å². The number of unbranched alkanes of at least 4 members (excludes halogenated alkanes) is 2. The molecule has 0 aliphatic carbocycles. The van der Waals surface area contributed by atoms with Gasteiger partial charge in [0.25, 0.3) is 0 Å². The van der Waals surface area contributed by atoms with Crippen molar-refractivity contribution in [2.45, 2.75) is 90.1 Å². The van der Waals surface area contributed by atoms with Gasteiger partial charge in [0.1, 0.15) is 0 Å². The molecule has 11 nitrogen and oxygen atoms in total. The molecule has 7 rings (SSSR count). The Hall–Kier alpha value is -5.07. The van der Waals surface area contributed by atoms with Crippen LogP contribution in [0.25, 0.3) is 22.2 Å². The van der Waals surface area contributed by atoms with E-state index in [4.69, 9.17) is 9.47 Å². The number of rotatable bonds is 15. The van der Waals surface area contributed by atoms with Gasteiger partial charge in [0, 0.05) is 63.6 Å². The molecule has 2 amide bonds. The summed E-state index contributed by atoms with van der Waals surface area (Å²) in [5.74, 6) is 0.0616. The maximum atomic E-state index is 12.9. The third-order valence-corrected chi connectivity index (χ3v) is 11.5. The third kappa shape index (κ3) is 10.1. The van der Waals surface area contributed by atoms with E-state index in [0.717, 1.165) is 96.2 Å². The molecular formula is C46H55N5O6. The van der Waals surface area contributed by atoms with Gasteiger partial charge in [-0.05, 0) is 71.7 Å². The molecule has 4 aromatic carbocycles. The highest BCUT2D eigenvalue weighted by Gasteiger charge is 2.39. The van der Waals surface area contributed by atoms with E-state index in [1.54, 1.807) is 0 Å². The molecule has 2 aliphatic rings. The number of aromatic amines is 1. The van der Waals surface area contributed by atoms with Crippen LogP contribution < -0.4 is 16.3 Å². The lowest BCUT2D eigenvalue weighted by Crippen LogP contribution is -2.47. The predicted octanol–water partition coefficient (Wildman–Crippen LogP) is 6.93. The fraction of sp³-hybridized carbons (Fsp3) is 0.413. The molecule has 0 radical (unpaired) electrons. The van der Waals surface area contributed by atoms with Crippen molar-refractivity contribution in [3.8, 4) is 11.1 Å². The fourth-order valence-electron chi connectivity index (χ4n) is 8.21. The zero-order valence-electron chi connectivity index (χ0n) is 33.0. The average molecular weight is 774 g/mol. The minimum Gasteiger partial charge on any atom is -0.392 e. The van der Waals surface area contributed by atoms with Crippen molar-refractivity contribution in [3.05, 3.63) is 130 Å². The highest BCUT2D eigenvalue weighted by molar-refractivity contribution is 5.76. The van der Waals surface area contributed by atoms with Gasteiger partial charge in [-0.25, -0.2) is 4.79 Å². The predicted molar refractivity (Wildman–Crippen MR) is 221 cm³/mol. The first-order valence-electron chi connectivity index (χ1n) is 20.4. The number of aliphatic hydroxyl groups excluding tert-OH is 1. The van der Waals surface area contributed by atoms with Gasteiger partial charge in [-0.3, -0.25) is 14.2 Å². The number of para-hydroxylation sites is 2. The summed E-state index contributed by atoms with van der Waals surface area (Å²) in [6, 6.07) is 32.6. The van der Waals surface area contributed by atoms with Crippen molar-refractivity contribution in [2.24, 2.45) is 5.92 Å². The first kappa shape index (κ1) is 40.1. The Morgan fingerprint density at radius 3 is 2.33 bits per heavy atom. The molecule has 0 saturated carbocycles. The second kappa shape index (κ2) is 18.9. The van der Waals surface area contributed by atoms with Crippen LogP contribution in [-0.4, -0.2) is 63.7 Å². The highest BCUT2D eigenvalue weighted by Crippen LogP contribution is 2.42. The van der Waals surface area contributed by atoms with Crippen molar-refractivity contribution in [1.29, 1.82) is 0 Å². The number of nitrogens with zero attached hydrogens (tertiary/aromatic N) is 2. The molecule has 1 aromatic heterocycles. The molecule has 0 spiro atoms. The van der Waals surface area contributed by atoms with Gasteiger partial charge in [0.05, 0.1) is 29.8 Å². The van der Waals surface area contributed by atoms with E-state index in [-0.39, 0.29) is 48.3 Å². The molecule has 11 heteroatoms. The number of benzene rings is 4. The molecule has 300 valence electrons. The Balaban J connectivity index is 0.995. The monoisotopic (exact) mass is 773 g/mol. The lowest BCUT2D eigenvalue weighted by Gasteiger charge is -2.44. The number of carbonyl (C=O) groups excluding carboxylic acids is 2. The molecular weight excluding hydrogens is 719 g/mol. The van der Waals surface area contributed by atoms with E-state index in [0.29, 0.717) is 19.5 Å². The summed E-state index contributed by atoms with van der Waals surface area (Å²) in [5, 5.41) is 15.5. The van der Waals surface area contributed by atoms with Gasteiger partial charge < -0.3 is 35.1 Å². The van der Waals surface area contributed by atoms with Crippen LogP contribution in [0.3, 0.4) is 0 Å². The molecule has 2 aliphatic heterocycles. The zero-order valence-corrected chi connectivity index (χ0v) is 33.0. The quantitative estimate of drug-likeness (QED) is 0.0848. The van der Waals surface area contributed by atoms with Crippen molar-refractivity contribution in [1.82, 2.24) is 25.1 Å². The number of fused-ring (bicyclic) bond motifs is 1. The Bertz CT molecular complexity index is 2150. The van der Waals surface area contributed by atoms with E-state index in [9.17, 15) is 19.5 Å². The number of likely N-dealkylation sites (tertiary alicyclic amines) is 1. The first-order valence-corrected chi connectivity index (χ1v) is 20.4. The Morgan fingerprint density at radius 1 is 0.825 bits per heavy atom. The summed E-state index contributed by atoms with van der Waals surface area (Å²) in [6.07, 6.45) is 3.89. The SMILES string of the molecule is CC(=O)NCCCCCC(=O)NCc1cccc(-c2ccc([C@@H]3O[C@H](CN4CCC(n5c(=O)[nH]c6ccccc65)CC4)[C@H](C)[C@H](c4ccc(CO)cc4)O3)cc2)c1. The number of aromatic nitrogens is 2. The van der Waals surface area contributed by atoms with Crippen LogP contribution in [0.15, 0.2) is 102 Å². The minimum absolute atomic E-state index is 0.0106. The molecule has 57 heavy (non-hydrogen) atoms. The van der Waals surface area contributed by atoms with Gasteiger partial charge in [0.15, 0.2) is 6.29 Å². The summed E-state index contributed by atoms with van der Waals surface area (Å²) in [5.41, 5.74) is 7.78. The van der Waals surface area contributed by atoms with Crippen LogP contribution in [0.2, 0.25) is 0 Å². The smallest absolute Gasteiger partial charge is 0.326 e. The van der Waals surface area contributed by atoms with Crippen molar-refractivity contribution >= 4 is 22.8 Å². The van der Waals surface area contributed by atoms with Gasteiger partial charge in [-0.1, -0.05) is 92.2 Å². The zero-order chi connectivity index (χ0) is 39.7. The Morgan fingerprint density at radius 2 is 1.58 bits per heavy atom. The Labute approximate surface area is 334 Å². The number of nitrogens with one attached hydrogen (secondary N) is 3. The number of aliphatic hydroxyl groups is 1. The standard InChI is InChI=1S/C46H55N5O6/c1-31-42(29-50-25-22-39(23-26-50)51-41-12-6-5-11-40(41)49-46(51)55)56-45(57-44(31)36-16-14-33(30-52)15-17-36)37-20-18-35(19-21-37)38-10-8-9-34(27-38)28-48-43(54)13-4-3-7-24-47-32(2)53/h5-6,8-12,14-21,27,31,39,42,44-45,52H,3-4,7,13,22-26,28-30H2,1-2H3,(H,47,53)(H,48,54)(H,49,55)/t31-,42+,44+,45+/m0/s1. The topological polar surface area (TPSA) is 138 Å². The fourth-order valence-corrected chi connectivity index (χ4v) is 8.21. The van der Waals surface area contributed by atoms with Gasteiger partial charge in [0.2, 0.25) is 11.8 Å². The second-order valence-corrected chi connectivity index (χ2v) is 15.6. The summed E-state index contributed by atoms with van der Waals surface area (Å²) in [7, 11) is 0. The lowest BCUT2D eigenvalue weighted by molar-refractivity contribution is -0.276. The number of hydrogen-bond acceptors (Lipinski definition) is 7. The van der Waals surface area contributed by atoms with Crippen LogP contribution in [-0.2, 0) is 32.2 Å². The van der Waals surface area contributed by atoms with Crippen molar-refractivity contribution < 1.29 is 24.2 Å². The van der Waals surface area contributed by atoms with Crippen LogP contribution in [0.1, 0.15) is 93.1 Å². The van der Waals surface area contributed by atoms with Crippen LogP contribution in [0, 0.1) is 5.92 Å². The summed E-state index contributed by atoms with van der Waals surface area (Å²) >= 11 is 0. The van der Waals surface area contributed by atoms with Gasteiger partial charge >= 0.3 is 5.69 Å². The molecule has 0 unspecified atom stereocenters. The highest BCUT2D eigenvalue weighted by atomic mass is 16.7. The number of piperidine rings is 1. The summed E-state index contributed by atoms with van der Waals surface area (Å²) in [6.45, 7) is 7.28. The number of hydrogen-bond donors (Lipinski definition) is 4. The molecule has 2 saturated heterocycles. The van der Waals surface area contributed by atoms with Crippen molar-refractivity contribution in [3.63, 3.8) is 0 Å². The first-order chi connectivity index (χ1) is 27.7. The Kier molecular flexibility index (Phi) is 13.3. The largest absolute Gasteiger partial charge is 0.392 e. The van der Waals surface area contributed by atoms with E-state index in [2.05, 4.69) is 63.8 Å². The molecule has 5 aromatic rings. The van der Waals surface area contributed by atoms with E-state index >= 15 is 0 Å². The number of imidazole rings is 1. The average Bonchev–Trinajstić information content (AvgIpc) is 3.58. The molecule has 4 N–H and O–H groups in total. The van der Waals surface area contributed by atoms with E-state index < -0.39 is 6.29 Å². The number of H-pyrrole nitrogens is 1. The van der Waals surface area contributed by atoms with Gasteiger partial charge in [-0.2, -0.15) is 0 Å². The minimum atomic E-state index is -0.572. The summed E-state index contributed by atoms with van der Waals surface area (Å²) in [4.78, 5) is 41.9. The number of amides is 2. The maximum absolute atomic E-state index is 12.9. The third-order valence-electron chi connectivity index (χ3n) is 11.5. The summed E-state index contributed by atoms with van der Waals surface area (Å²) < 4.78 is 15.5. The van der Waals surface area contributed by atoms with E-state index in [1.165, 1.54) is 6.92 Å². The number of ether oxygens (including phenoxy) is 2. The van der Waals surface area contributed by atoms with Crippen LogP contribution in [0.5, 0.6) is 0 Å². The number of carbonyl (C=O) groups is 2. The molecule has 2 fully saturated rings. The van der Waals surface area contributed by atoms with Gasteiger partial charge in [-0.15, -0.1) is 0 Å². The molecule has 0 bridgehead atoms. The molecule has 4 atom stereocenters.